The number of fused-ring (bicyclic) bond motifs is 6. The maximum atomic E-state index is 3.37. The third-order valence-corrected chi connectivity index (χ3v) is 5.77. The Hall–Kier alpha value is -3.64. The average molecular weight is 353 g/mol. The van der Waals surface area contributed by atoms with Crippen molar-refractivity contribution in [1.29, 1.82) is 0 Å². The van der Waals surface area contributed by atoms with Gasteiger partial charge in [0.1, 0.15) is 0 Å². The number of benzene rings is 6. The van der Waals surface area contributed by atoms with Gasteiger partial charge in [-0.2, -0.15) is 0 Å². The maximum absolute atomic E-state index is 3.37. The van der Waals surface area contributed by atoms with Crippen molar-refractivity contribution >= 4 is 43.1 Å². The Labute approximate surface area is 163 Å². The molecule has 0 aliphatic rings. The summed E-state index contributed by atoms with van der Waals surface area (Å²) in [6.45, 7) is 0. The van der Waals surface area contributed by atoms with Crippen LogP contribution in [0.15, 0.2) is 103 Å². The van der Waals surface area contributed by atoms with Crippen LogP contribution in [0.5, 0.6) is 0 Å². The molecule has 0 spiro atoms. The highest BCUT2D eigenvalue weighted by molar-refractivity contribution is 6.13. The molecule has 129 valence electrons. The Kier molecular flexibility index (Phi) is 3.27. The monoisotopic (exact) mass is 353 g/mol. The zero-order valence-electron chi connectivity index (χ0n) is 15.3. The standard InChI is InChI=1S/C28H17/c1-3-8-23-19(6-1)12-13-21-18-22(15-16-26(21)23)25-10-5-11-27-24-9-4-2-7-20(24)14-17-28(25)27/h1-4,6-18H. The van der Waals surface area contributed by atoms with Gasteiger partial charge in [-0.05, 0) is 78.5 Å². The molecule has 0 saturated carbocycles. The third kappa shape index (κ3) is 2.25. The maximum Gasteiger partial charge on any atom is -0.00930 e. The van der Waals surface area contributed by atoms with Crippen LogP contribution in [0.3, 0.4) is 0 Å². The van der Waals surface area contributed by atoms with Crippen LogP contribution in [0.1, 0.15) is 0 Å². The average Bonchev–Trinajstić information content (AvgIpc) is 2.78. The highest BCUT2D eigenvalue weighted by Gasteiger charge is 2.08. The number of hydrogen-bond acceptors (Lipinski definition) is 0. The Bertz CT molecular complexity index is 1510. The van der Waals surface area contributed by atoms with Gasteiger partial charge >= 0.3 is 0 Å². The lowest BCUT2D eigenvalue weighted by atomic mass is 9.93. The summed E-state index contributed by atoms with van der Waals surface area (Å²) in [5.74, 6) is 0. The van der Waals surface area contributed by atoms with Gasteiger partial charge in [-0.25, -0.2) is 0 Å². The minimum Gasteiger partial charge on any atom is -0.0616 e. The van der Waals surface area contributed by atoms with Gasteiger partial charge < -0.3 is 0 Å². The fourth-order valence-electron chi connectivity index (χ4n) is 4.39. The molecule has 0 heterocycles. The van der Waals surface area contributed by atoms with Gasteiger partial charge in [0.2, 0.25) is 0 Å². The lowest BCUT2D eigenvalue weighted by Gasteiger charge is -2.11. The topological polar surface area (TPSA) is 0 Å². The predicted molar refractivity (Wildman–Crippen MR) is 121 cm³/mol. The summed E-state index contributed by atoms with van der Waals surface area (Å²) in [6, 6.07) is 40.4. The first kappa shape index (κ1) is 15.4. The molecule has 6 aromatic rings. The van der Waals surface area contributed by atoms with Gasteiger partial charge in [0.15, 0.2) is 0 Å². The molecule has 0 heteroatoms. The fourth-order valence-corrected chi connectivity index (χ4v) is 4.39. The van der Waals surface area contributed by atoms with Crippen LogP contribution in [-0.2, 0) is 0 Å². The minimum absolute atomic E-state index is 1.23. The van der Waals surface area contributed by atoms with E-state index in [1.165, 1.54) is 54.2 Å². The largest absolute Gasteiger partial charge is 0.0616 e. The Morgan fingerprint density at radius 2 is 1.04 bits per heavy atom. The van der Waals surface area contributed by atoms with Crippen molar-refractivity contribution in [3.05, 3.63) is 109 Å². The highest BCUT2D eigenvalue weighted by Crippen LogP contribution is 2.35. The highest BCUT2D eigenvalue weighted by atomic mass is 14.1. The normalized spacial score (nSPS) is 11.6. The molecular weight excluding hydrogens is 336 g/mol. The Morgan fingerprint density at radius 1 is 0.429 bits per heavy atom. The van der Waals surface area contributed by atoms with Crippen LogP contribution in [0, 0.1) is 6.07 Å². The van der Waals surface area contributed by atoms with Crippen molar-refractivity contribution in [2.75, 3.05) is 0 Å². The van der Waals surface area contributed by atoms with E-state index in [2.05, 4.69) is 109 Å². The second kappa shape index (κ2) is 5.94. The van der Waals surface area contributed by atoms with Crippen molar-refractivity contribution in [1.82, 2.24) is 0 Å². The predicted octanol–water partition coefficient (Wildman–Crippen LogP) is 7.77. The van der Waals surface area contributed by atoms with E-state index < -0.39 is 0 Å². The van der Waals surface area contributed by atoms with Gasteiger partial charge in [-0.3, -0.25) is 0 Å². The SMILES string of the molecule is [c]1cc(-c2ccc3c(ccc4ccccc43)c2)c2ccc3ccccc3c2c1. The van der Waals surface area contributed by atoms with Crippen molar-refractivity contribution in [3.63, 3.8) is 0 Å². The van der Waals surface area contributed by atoms with Crippen molar-refractivity contribution < 1.29 is 0 Å². The van der Waals surface area contributed by atoms with Crippen molar-refractivity contribution in [2.45, 2.75) is 0 Å². The van der Waals surface area contributed by atoms with E-state index in [4.69, 9.17) is 0 Å². The van der Waals surface area contributed by atoms with Crippen molar-refractivity contribution in [3.8, 4) is 11.1 Å². The molecule has 0 fully saturated rings. The summed E-state index contributed by atoms with van der Waals surface area (Å²) >= 11 is 0. The Balaban J connectivity index is 1.63. The van der Waals surface area contributed by atoms with Gasteiger partial charge in [-0.1, -0.05) is 84.9 Å². The van der Waals surface area contributed by atoms with Crippen LogP contribution in [0.2, 0.25) is 0 Å². The van der Waals surface area contributed by atoms with E-state index in [1.807, 2.05) is 0 Å². The molecule has 1 radical (unpaired) electrons. The van der Waals surface area contributed by atoms with Crippen LogP contribution in [-0.4, -0.2) is 0 Å². The zero-order chi connectivity index (χ0) is 18.5. The molecule has 28 heavy (non-hydrogen) atoms. The molecule has 0 atom stereocenters. The van der Waals surface area contributed by atoms with E-state index in [9.17, 15) is 0 Å². The molecule has 0 aliphatic heterocycles. The van der Waals surface area contributed by atoms with Crippen LogP contribution >= 0.6 is 0 Å². The van der Waals surface area contributed by atoms with Gasteiger partial charge in [-0.15, -0.1) is 0 Å². The van der Waals surface area contributed by atoms with Crippen LogP contribution in [0.25, 0.3) is 54.2 Å². The quantitative estimate of drug-likeness (QED) is 0.265. The Morgan fingerprint density at radius 3 is 1.86 bits per heavy atom. The van der Waals surface area contributed by atoms with Gasteiger partial charge in [0, 0.05) is 0 Å². The molecule has 6 rings (SSSR count). The molecule has 0 nitrogen and oxygen atoms in total. The summed E-state index contributed by atoms with van der Waals surface area (Å²) in [6.07, 6.45) is 0. The summed E-state index contributed by atoms with van der Waals surface area (Å²) in [5.41, 5.74) is 2.47. The van der Waals surface area contributed by atoms with E-state index in [1.54, 1.807) is 0 Å². The third-order valence-electron chi connectivity index (χ3n) is 5.77. The summed E-state index contributed by atoms with van der Waals surface area (Å²) in [7, 11) is 0. The molecule has 0 aromatic heterocycles. The number of rotatable bonds is 1. The number of hydrogen-bond donors (Lipinski definition) is 0. The van der Waals surface area contributed by atoms with E-state index in [0.717, 1.165) is 0 Å². The summed E-state index contributed by atoms with van der Waals surface area (Å²) in [4.78, 5) is 0. The van der Waals surface area contributed by atoms with Gasteiger partial charge in [0.25, 0.3) is 0 Å². The minimum atomic E-state index is 1.23. The first-order valence-corrected chi connectivity index (χ1v) is 9.62. The van der Waals surface area contributed by atoms with Crippen molar-refractivity contribution in [2.24, 2.45) is 0 Å². The summed E-state index contributed by atoms with van der Waals surface area (Å²) in [5, 5.41) is 10.3. The lowest BCUT2D eigenvalue weighted by Crippen LogP contribution is -1.85. The molecule has 0 bridgehead atoms. The molecule has 0 aliphatic carbocycles. The first-order valence-electron chi connectivity index (χ1n) is 9.62. The summed E-state index contributed by atoms with van der Waals surface area (Å²) < 4.78 is 0. The van der Waals surface area contributed by atoms with Crippen LogP contribution in [0.4, 0.5) is 0 Å². The smallest absolute Gasteiger partial charge is 0.00930 e. The molecule has 0 unspecified atom stereocenters. The second-order valence-electron chi connectivity index (χ2n) is 7.34. The fraction of sp³-hybridized carbons (Fsp3) is 0. The van der Waals surface area contributed by atoms with E-state index >= 15 is 0 Å². The van der Waals surface area contributed by atoms with E-state index in [-0.39, 0.29) is 0 Å². The molecule has 6 aromatic carbocycles. The molecule has 0 saturated heterocycles. The van der Waals surface area contributed by atoms with Crippen LogP contribution < -0.4 is 0 Å². The lowest BCUT2D eigenvalue weighted by molar-refractivity contribution is 1.69. The van der Waals surface area contributed by atoms with Gasteiger partial charge in [0.05, 0.1) is 0 Å². The first-order chi connectivity index (χ1) is 13.9. The molecule has 0 N–H and O–H groups in total. The molecule has 0 amide bonds. The zero-order valence-corrected chi connectivity index (χ0v) is 15.3. The second-order valence-corrected chi connectivity index (χ2v) is 7.34. The molecular formula is C28H17. The van der Waals surface area contributed by atoms with E-state index in [0.29, 0.717) is 0 Å².